The number of quaternary nitrogens is 1. The number of anilines is 1. The Morgan fingerprint density at radius 1 is 0.977 bits per heavy atom. The lowest BCUT2D eigenvalue weighted by Crippen LogP contribution is -2.43. The largest absolute Gasteiger partial charge is 0.420 e. The van der Waals surface area contributed by atoms with Gasteiger partial charge >= 0.3 is 5.97 Å². The van der Waals surface area contributed by atoms with Crippen LogP contribution in [0.4, 0.5) is 23.4 Å². The molecule has 12 heteroatoms. The molecule has 0 spiro atoms. The molecule has 0 aliphatic rings. The molecule has 0 atom stereocenters. The van der Waals surface area contributed by atoms with Gasteiger partial charge in [0, 0.05) is 24.4 Å². The summed E-state index contributed by atoms with van der Waals surface area (Å²) in [6, 6.07) is 8.02. The molecule has 0 unspecified atom stereocenters. The summed E-state index contributed by atoms with van der Waals surface area (Å²) < 4.78 is 67.0. The minimum atomic E-state index is -1.76. The van der Waals surface area contributed by atoms with Crippen molar-refractivity contribution in [1.82, 2.24) is 14.5 Å². The monoisotopic (exact) mass is 604 g/mol. The topological polar surface area (TPSA) is 92.3 Å². The average Bonchev–Trinajstić information content (AvgIpc) is 3.34. The number of nitrogen functional groups attached to an aromatic ring is 1. The second kappa shape index (κ2) is 14.1. The molecule has 2 heterocycles. The molecule has 4 aromatic rings. The third-order valence-electron chi connectivity index (χ3n) is 7.42. The smallest absolute Gasteiger partial charge is 0.313 e. The zero-order chi connectivity index (χ0) is 31.1. The molecule has 0 saturated carbocycles. The van der Waals surface area contributed by atoms with Gasteiger partial charge in [0.2, 0.25) is 17.4 Å². The van der Waals surface area contributed by atoms with Crippen LogP contribution in [-0.2, 0) is 22.5 Å². The molecule has 0 aliphatic heterocycles. The van der Waals surface area contributed by atoms with Crippen molar-refractivity contribution in [3.8, 4) is 5.75 Å². The Labute approximate surface area is 248 Å². The number of esters is 1. The molecule has 0 bridgehead atoms. The second-order valence-corrected chi connectivity index (χ2v) is 11.2. The Hall–Kier alpha value is -3.77. The van der Waals surface area contributed by atoms with Crippen LogP contribution in [0.15, 0.2) is 30.3 Å². The van der Waals surface area contributed by atoms with Crippen molar-refractivity contribution in [2.24, 2.45) is 0 Å². The minimum Gasteiger partial charge on any atom is -0.420 e. The van der Waals surface area contributed by atoms with Gasteiger partial charge in [-0.2, -0.15) is 8.78 Å². The molecule has 0 radical (unpaired) electrons. The highest BCUT2D eigenvalue weighted by atomic mass is 19.2. The number of rotatable bonds is 15. The predicted octanol–water partition coefficient (Wildman–Crippen LogP) is 5.93. The number of nitrogens with zero attached hydrogens (tertiary/aromatic N) is 4. The fraction of sp³-hybridized carbons (Fsp3) is 0.452. The number of likely N-dealkylation sites (N-methyl/N-ethyl adjacent to an activating group) is 1. The maximum atomic E-state index is 13.7. The Morgan fingerprint density at radius 2 is 1.70 bits per heavy atom. The number of imidazole rings is 1. The van der Waals surface area contributed by atoms with Crippen LogP contribution >= 0.6 is 0 Å². The number of hydrogen-bond donors (Lipinski definition) is 1. The fourth-order valence-electron chi connectivity index (χ4n) is 4.97. The number of halogens is 4. The first-order valence-corrected chi connectivity index (χ1v) is 14.5. The third kappa shape index (κ3) is 7.80. The second-order valence-electron chi connectivity index (χ2n) is 11.2. The van der Waals surface area contributed by atoms with Crippen molar-refractivity contribution >= 4 is 33.7 Å². The number of pyridine rings is 1. The number of nitrogens with two attached hydrogens (primary N) is 1. The van der Waals surface area contributed by atoms with Crippen LogP contribution in [0.25, 0.3) is 21.9 Å². The molecule has 232 valence electrons. The molecular formula is C31H38F4N5O3+. The van der Waals surface area contributed by atoms with E-state index in [1.807, 2.05) is 18.2 Å². The number of ether oxygens (including phenoxy) is 2. The summed E-state index contributed by atoms with van der Waals surface area (Å²) in [4.78, 5) is 21.4. The van der Waals surface area contributed by atoms with Crippen LogP contribution in [-0.4, -0.2) is 65.4 Å². The normalized spacial score (nSPS) is 12.0. The third-order valence-corrected chi connectivity index (χ3v) is 7.42. The molecule has 0 aliphatic carbocycles. The summed E-state index contributed by atoms with van der Waals surface area (Å²) in [7, 11) is 4.17. The highest BCUT2D eigenvalue weighted by Gasteiger charge is 2.23. The van der Waals surface area contributed by atoms with Crippen LogP contribution in [0.2, 0.25) is 0 Å². The number of benzene rings is 2. The summed E-state index contributed by atoms with van der Waals surface area (Å²) in [5.41, 5.74) is 8.93. The maximum Gasteiger partial charge on any atom is 0.313 e. The lowest BCUT2D eigenvalue weighted by molar-refractivity contribution is -0.891. The van der Waals surface area contributed by atoms with Crippen molar-refractivity contribution in [2.75, 3.05) is 46.1 Å². The zero-order valence-corrected chi connectivity index (χ0v) is 24.8. The standard InChI is InChI=1S/C31H38F4N5O3/c1-4-5-12-24-38-28-29(20-10-6-7-11-23(20)37-31(28)36)39(24)14-8-9-15-40(2,3)16-18-42-17-13-25(41)43-30-26(34)21(32)19-22(33)27(30)35/h6-7,10-11,19H,4-5,8-9,12-18H2,1-3H3,(H2,36,37)/q+1. The van der Waals surface area contributed by atoms with Gasteiger partial charge in [-0.1, -0.05) is 31.5 Å². The summed E-state index contributed by atoms with van der Waals surface area (Å²) >= 11 is 0. The Kier molecular flexibility index (Phi) is 10.6. The van der Waals surface area contributed by atoms with Gasteiger partial charge in [-0.15, -0.1) is 0 Å². The molecule has 4 rings (SSSR count). The van der Waals surface area contributed by atoms with E-state index in [1.54, 1.807) is 0 Å². The van der Waals surface area contributed by atoms with Crippen molar-refractivity contribution < 1.29 is 36.3 Å². The van der Waals surface area contributed by atoms with E-state index in [9.17, 15) is 22.4 Å². The van der Waals surface area contributed by atoms with Gasteiger partial charge in [0.05, 0.1) is 51.3 Å². The molecule has 0 fully saturated rings. The van der Waals surface area contributed by atoms with Gasteiger partial charge in [-0.3, -0.25) is 4.79 Å². The molecule has 2 aromatic heterocycles. The Morgan fingerprint density at radius 3 is 2.42 bits per heavy atom. The number of aryl methyl sites for hydroxylation is 2. The lowest BCUT2D eigenvalue weighted by atomic mass is 10.1. The number of para-hydroxylation sites is 1. The lowest BCUT2D eigenvalue weighted by Gasteiger charge is -2.29. The van der Waals surface area contributed by atoms with Gasteiger partial charge in [0.25, 0.3) is 0 Å². The Bertz CT molecular complexity index is 1570. The highest BCUT2D eigenvalue weighted by Crippen LogP contribution is 2.30. The molecule has 2 N–H and O–H groups in total. The summed E-state index contributed by atoms with van der Waals surface area (Å²) in [5.74, 6) is -7.82. The van der Waals surface area contributed by atoms with E-state index in [0.717, 1.165) is 73.0 Å². The maximum absolute atomic E-state index is 13.7. The van der Waals surface area contributed by atoms with Gasteiger partial charge in [0.15, 0.2) is 17.5 Å². The van der Waals surface area contributed by atoms with Gasteiger partial charge < -0.3 is 24.3 Å². The molecule has 43 heavy (non-hydrogen) atoms. The number of fused-ring (bicyclic) bond motifs is 3. The molecule has 0 amide bonds. The van der Waals surface area contributed by atoms with E-state index < -0.39 is 35.0 Å². The molecular weight excluding hydrogens is 566 g/mol. The van der Waals surface area contributed by atoms with Crippen LogP contribution in [0.3, 0.4) is 0 Å². The van der Waals surface area contributed by atoms with Crippen LogP contribution < -0.4 is 10.5 Å². The average molecular weight is 605 g/mol. The van der Waals surface area contributed by atoms with E-state index in [4.69, 9.17) is 15.5 Å². The molecule has 2 aromatic carbocycles. The van der Waals surface area contributed by atoms with Gasteiger partial charge in [0.1, 0.15) is 17.9 Å². The van der Waals surface area contributed by atoms with Crippen molar-refractivity contribution in [2.45, 2.75) is 52.0 Å². The molecule has 0 saturated heterocycles. The minimum absolute atomic E-state index is 0.0470. The van der Waals surface area contributed by atoms with Gasteiger partial charge in [-0.05, 0) is 25.3 Å². The van der Waals surface area contributed by atoms with Crippen LogP contribution in [0.1, 0.15) is 44.9 Å². The first kappa shape index (κ1) is 32.2. The summed E-state index contributed by atoms with van der Waals surface area (Å²) in [5, 5.41) is 1.04. The van der Waals surface area contributed by atoms with E-state index >= 15 is 0 Å². The first-order chi connectivity index (χ1) is 20.5. The number of unbranched alkanes of at least 4 members (excludes halogenated alkanes) is 2. The number of carbonyl (C=O) groups is 1. The van der Waals surface area contributed by atoms with E-state index in [0.29, 0.717) is 23.5 Å². The quantitative estimate of drug-likeness (QED) is 0.0452. The van der Waals surface area contributed by atoms with Crippen LogP contribution in [0, 0.1) is 23.3 Å². The zero-order valence-electron chi connectivity index (χ0n) is 24.8. The van der Waals surface area contributed by atoms with Gasteiger partial charge in [-0.25, -0.2) is 18.7 Å². The van der Waals surface area contributed by atoms with E-state index in [-0.39, 0.29) is 19.1 Å². The Balaban J connectivity index is 1.26. The number of aromatic nitrogens is 3. The summed E-state index contributed by atoms with van der Waals surface area (Å²) in [6.45, 7) is 4.78. The fourth-order valence-corrected chi connectivity index (χ4v) is 4.97. The van der Waals surface area contributed by atoms with E-state index in [1.165, 1.54) is 0 Å². The SMILES string of the molecule is CCCCc1nc2c(N)nc3ccccc3c2n1CCCC[N+](C)(C)CCOCCC(=O)Oc1c(F)c(F)cc(F)c1F. The van der Waals surface area contributed by atoms with Crippen molar-refractivity contribution in [3.63, 3.8) is 0 Å². The predicted molar refractivity (Wildman–Crippen MR) is 156 cm³/mol. The van der Waals surface area contributed by atoms with Crippen molar-refractivity contribution in [3.05, 3.63) is 59.4 Å². The first-order valence-electron chi connectivity index (χ1n) is 14.5. The number of carbonyl (C=O) groups excluding carboxylic acids is 1. The number of hydrogen-bond acceptors (Lipinski definition) is 6. The molecule has 8 nitrogen and oxygen atoms in total. The highest BCUT2D eigenvalue weighted by molar-refractivity contribution is 6.06. The summed E-state index contributed by atoms with van der Waals surface area (Å²) in [6.07, 6.45) is 4.52. The van der Waals surface area contributed by atoms with Crippen molar-refractivity contribution in [1.29, 1.82) is 0 Å². The van der Waals surface area contributed by atoms with E-state index in [2.05, 4.69) is 41.4 Å². The van der Waals surface area contributed by atoms with Crippen LogP contribution in [0.5, 0.6) is 5.75 Å².